The predicted molar refractivity (Wildman–Crippen MR) is 70.6 cm³/mol. The fourth-order valence-corrected chi connectivity index (χ4v) is 1.91. The number of aliphatic imine (C=N–C) groups is 1. The molecule has 1 aliphatic rings. The first-order valence-corrected chi connectivity index (χ1v) is 6.41. The zero-order chi connectivity index (χ0) is 14.3. The third-order valence-corrected chi connectivity index (χ3v) is 2.86. The van der Waals surface area contributed by atoms with E-state index in [1.165, 1.54) is 6.21 Å². The minimum atomic E-state index is -1.16. The highest BCUT2D eigenvalue weighted by molar-refractivity contribution is 5.93. The summed E-state index contributed by atoms with van der Waals surface area (Å²) in [6.07, 6.45) is 4.11. The van der Waals surface area contributed by atoms with Gasteiger partial charge >= 0.3 is 11.9 Å². The molecule has 0 saturated heterocycles. The molecule has 0 aliphatic carbocycles. The van der Waals surface area contributed by atoms with E-state index in [4.69, 9.17) is 15.2 Å². The van der Waals surface area contributed by atoms with Crippen molar-refractivity contribution >= 4 is 18.2 Å². The number of carbonyl (C=O) groups is 2. The van der Waals surface area contributed by atoms with Crippen LogP contribution in [0.4, 0.5) is 0 Å². The van der Waals surface area contributed by atoms with Crippen LogP contribution in [0.2, 0.25) is 0 Å². The number of hydrogen-bond acceptors (Lipinski definition) is 6. The Labute approximate surface area is 112 Å². The lowest BCUT2D eigenvalue weighted by Crippen LogP contribution is -2.42. The quantitative estimate of drug-likeness (QED) is 0.694. The first-order valence-electron chi connectivity index (χ1n) is 6.41. The molecule has 0 aromatic heterocycles. The van der Waals surface area contributed by atoms with Crippen LogP contribution < -0.4 is 5.73 Å². The third kappa shape index (κ3) is 3.56. The molecule has 106 valence electrons. The van der Waals surface area contributed by atoms with Crippen molar-refractivity contribution < 1.29 is 19.1 Å². The highest BCUT2D eigenvalue weighted by atomic mass is 16.5. The Balaban J connectivity index is 2.63. The fraction of sp³-hybridized carbons (Fsp3) is 0.615. The molecule has 0 bridgehead atoms. The van der Waals surface area contributed by atoms with E-state index in [0.717, 1.165) is 0 Å². The van der Waals surface area contributed by atoms with Crippen molar-refractivity contribution in [3.63, 3.8) is 0 Å². The van der Waals surface area contributed by atoms with E-state index >= 15 is 0 Å². The molecule has 0 saturated carbocycles. The van der Waals surface area contributed by atoms with Crippen LogP contribution in [0.15, 0.2) is 16.8 Å². The molecule has 1 unspecified atom stereocenters. The molecule has 1 rings (SSSR count). The van der Waals surface area contributed by atoms with Gasteiger partial charge in [-0.1, -0.05) is 0 Å². The number of hydrogen-bond donors (Lipinski definition) is 1. The molecule has 0 aromatic carbocycles. The zero-order valence-electron chi connectivity index (χ0n) is 11.3. The van der Waals surface area contributed by atoms with Crippen LogP contribution in [-0.4, -0.2) is 36.9 Å². The van der Waals surface area contributed by atoms with Crippen LogP contribution >= 0.6 is 0 Å². The highest BCUT2D eigenvalue weighted by Crippen LogP contribution is 2.29. The second-order valence-electron chi connectivity index (χ2n) is 4.14. The maximum atomic E-state index is 12.0. The van der Waals surface area contributed by atoms with Crippen molar-refractivity contribution in [3.05, 3.63) is 11.8 Å². The van der Waals surface area contributed by atoms with Crippen LogP contribution in [0.5, 0.6) is 0 Å². The second-order valence-corrected chi connectivity index (χ2v) is 4.14. The summed E-state index contributed by atoms with van der Waals surface area (Å²) in [4.78, 5) is 27.4. The van der Waals surface area contributed by atoms with Gasteiger partial charge in [0.25, 0.3) is 0 Å². The Hall–Kier alpha value is -1.85. The molecule has 6 nitrogen and oxygen atoms in total. The zero-order valence-corrected chi connectivity index (χ0v) is 11.3. The van der Waals surface area contributed by atoms with E-state index in [1.54, 1.807) is 19.9 Å². The molecule has 1 heterocycles. The average molecular weight is 268 g/mol. The van der Waals surface area contributed by atoms with Crippen LogP contribution in [0, 0.1) is 0 Å². The van der Waals surface area contributed by atoms with Crippen molar-refractivity contribution in [2.75, 3.05) is 13.2 Å². The minimum Gasteiger partial charge on any atom is -0.466 e. The fourth-order valence-electron chi connectivity index (χ4n) is 1.91. The van der Waals surface area contributed by atoms with Gasteiger partial charge < -0.3 is 15.2 Å². The van der Waals surface area contributed by atoms with Gasteiger partial charge in [-0.15, -0.1) is 0 Å². The number of allylic oxidation sites excluding steroid dienone is 1. The normalized spacial score (nSPS) is 21.1. The number of nitrogens with two attached hydrogens (primary N) is 1. The van der Waals surface area contributed by atoms with Gasteiger partial charge in [-0.2, -0.15) is 0 Å². The summed E-state index contributed by atoms with van der Waals surface area (Å²) in [5.41, 5.74) is 5.03. The molecule has 6 heteroatoms. The molecule has 0 spiro atoms. The SMILES string of the molecule is CCOC(=O)CCCC1(C(=O)OCC)N=CC=C1N. The molecular weight excluding hydrogens is 248 g/mol. The van der Waals surface area contributed by atoms with Crippen LogP contribution in [0.1, 0.15) is 33.1 Å². The summed E-state index contributed by atoms with van der Waals surface area (Å²) in [5, 5.41) is 0. The summed E-state index contributed by atoms with van der Waals surface area (Å²) < 4.78 is 9.85. The Morgan fingerprint density at radius 2 is 2.00 bits per heavy atom. The standard InChI is InChI=1S/C13H20N2O4/c1-3-18-11(16)6-5-8-13(12(17)19-4-2)10(14)7-9-15-13/h7,9H,3-6,8,14H2,1-2H3. The van der Waals surface area contributed by atoms with Crippen molar-refractivity contribution in [2.45, 2.75) is 38.6 Å². The number of carbonyl (C=O) groups excluding carboxylic acids is 2. The van der Waals surface area contributed by atoms with Gasteiger partial charge in [-0.3, -0.25) is 9.79 Å². The Kier molecular flexibility index (Phi) is 5.54. The van der Waals surface area contributed by atoms with E-state index in [2.05, 4.69) is 4.99 Å². The smallest absolute Gasteiger partial charge is 0.340 e. The molecule has 0 amide bonds. The topological polar surface area (TPSA) is 91.0 Å². The summed E-state index contributed by atoms with van der Waals surface area (Å²) in [6, 6.07) is 0. The molecule has 0 aromatic rings. The summed E-state index contributed by atoms with van der Waals surface area (Å²) in [5.74, 6) is -0.757. The first kappa shape index (κ1) is 15.2. The Morgan fingerprint density at radius 1 is 1.32 bits per heavy atom. The molecule has 2 N–H and O–H groups in total. The van der Waals surface area contributed by atoms with Gasteiger partial charge in [-0.25, -0.2) is 4.79 Å². The van der Waals surface area contributed by atoms with Crippen molar-refractivity contribution in [2.24, 2.45) is 10.7 Å². The van der Waals surface area contributed by atoms with E-state index in [9.17, 15) is 9.59 Å². The highest BCUT2D eigenvalue weighted by Gasteiger charge is 2.43. The predicted octanol–water partition coefficient (Wildman–Crippen LogP) is 0.949. The van der Waals surface area contributed by atoms with Crippen molar-refractivity contribution in [3.8, 4) is 0 Å². The minimum absolute atomic E-state index is 0.234. The third-order valence-electron chi connectivity index (χ3n) is 2.86. The van der Waals surface area contributed by atoms with Gasteiger partial charge in [0.2, 0.25) is 0 Å². The monoisotopic (exact) mass is 268 g/mol. The van der Waals surface area contributed by atoms with Gasteiger partial charge in [0.1, 0.15) is 0 Å². The number of ether oxygens (including phenoxy) is 2. The maximum Gasteiger partial charge on any atom is 0.340 e. The van der Waals surface area contributed by atoms with Gasteiger partial charge in [-0.05, 0) is 32.8 Å². The Bertz CT molecular complexity index is 403. The lowest BCUT2D eigenvalue weighted by Gasteiger charge is -2.25. The van der Waals surface area contributed by atoms with E-state index < -0.39 is 11.5 Å². The molecule has 19 heavy (non-hydrogen) atoms. The summed E-state index contributed by atoms with van der Waals surface area (Å²) in [7, 11) is 0. The average Bonchev–Trinajstić information content (AvgIpc) is 2.73. The molecule has 0 fully saturated rings. The van der Waals surface area contributed by atoms with E-state index in [-0.39, 0.29) is 19.0 Å². The molecule has 1 aliphatic heterocycles. The van der Waals surface area contributed by atoms with E-state index in [1.807, 2.05) is 0 Å². The summed E-state index contributed by atoms with van der Waals surface area (Å²) in [6.45, 7) is 4.09. The van der Waals surface area contributed by atoms with Crippen molar-refractivity contribution in [1.82, 2.24) is 0 Å². The lowest BCUT2D eigenvalue weighted by atomic mass is 9.91. The summed E-state index contributed by atoms with van der Waals surface area (Å²) >= 11 is 0. The van der Waals surface area contributed by atoms with E-state index in [0.29, 0.717) is 25.1 Å². The van der Waals surface area contributed by atoms with Crippen molar-refractivity contribution in [1.29, 1.82) is 0 Å². The molecule has 0 radical (unpaired) electrons. The second kappa shape index (κ2) is 6.92. The Morgan fingerprint density at radius 3 is 2.53 bits per heavy atom. The molecule has 1 atom stereocenters. The van der Waals surface area contributed by atoms with Crippen LogP contribution in [0.25, 0.3) is 0 Å². The number of nitrogens with zero attached hydrogens (tertiary/aromatic N) is 1. The molecular formula is C13H20N2O4. The first-order chi connectivity index (χ1) is 9.06. The van der Waals surface area contributed by atoms with Gasteiger partial charge in [0.05, 0.1) is 13.2 Å². The lowest BCUT2D eigenvalue weighted by molar-refractivity contribution is -0.149. The van der Waals surface area contributed by atoms with Gasteiger partial charge in [0, 0.05) is 18.3 Å². The van der Waals surface area contributed by atoms with Crippen LogP contribution in [-0.2, 0) is 19.1 Å². The number of esters is 2. The van der Waals surface area contributed by atoms with Crippen LogP contribution in [0.3, 0.4) is 0 Å². The number of rotatable bonds is 7. The maximum absolute atomic E-state index is 12.0. The largest absolute Gasteiger partial charge is 0.466 e. The van der Waals surface area contributed by atoms with Gasteiger partial charge in [0.15, 0.2) is 5.54 Å².